The second-order valence-electron chi connectivity index (χ2n) is 9.34. The van der Waals surface area contributed by atoms with Crippen molar-refractivity contribution < 1.29 is 22.8 Å². The summed E-state index contributed by atoms with van der Waals surface area (Å²) in [7, 11) is 3.98. The topological polar surface area (TPSA) is 104 Å². The molecule has 4 N–H and O–H groups in total. The van der Waals surface area contributed by atoms with E-state index in [0.29, 0.717) is 34.7 Å². The number of benzene rings is 1. The Morgan fingerprint density at radius 2 is 2.08 bits per heavy atom. The summed E-state index contributed by atoms with van der Waals surface area (Å²) < 4.78 is 40.1. The van der Waals surface area contributed by atoms with E-state index in [2.05, 4.69) is 32.4 Å². The minimum atomic E-state index is -4.64. The van der Waals surface area contributed by atoms with E-state index in [0.717, 1.165) is 30.3 Å². The van der Waals surface area contributed by atoms with Crippen LogP contribution in [0.25, 0.3) is 0 Å². The largest absolute Gasteiger partial charge is 0.416 e. The van der Waals surface area contributed by atoms with Crippen LogP contribution in [0.1, 0.15) is 28.0 Å². The molecule has 1 fully saturated rings. The van der Waals surface area contributed by atoms with E-state index in [1.807, 2.05) is 14.1 Å². The molecule has 2 aliphatic rings. The number of allylic oxidation sites excluding steroid dienone is 2. The van der Waals surface area contributed by atoms with Crippen molar-refractivity contribution >= 4 is 28.4 Å². The highest BCUT2D eigenvalue weighted by Gasteiger charge is 2.43. The number of carbonyl (C=O) groups excluding carboxylic acids is 2. The number of nitrogens with zero attached hydrogens (tertiary/aromatic N) is 3. The van der Waals surface area contributed by atoms with E-state index in [9.17, 15) is 22.8 Å². The number of hydrogen-bond acceptors (Lipinski definition) is 6. The first-order valence-electron chi connectivity index (χ1n) is 11.7. The minimum absolute atomic E-state index is 0.219. The van der Waals surface area contributed by atoms with Gasteiger partial charge in [-0.1, -0.05) is 29.4 Å². The summed E-state index contributed by atoms with van der Waals surface area (Å²) in [6.45, 7) is 3.11. The Morgan fingerprint density at radius 3 is 2.74 bits per heavy atom. The van der Waals surface area contributed by atoms with Gasteiger partial charge in [-0.25, -0.2) is 9.78 Å². The number of hydrogen-bond donors (Lipinski definition) is 3. The van der Waals surface area contributed by atoms with Gasteiger partial charge in [-0.3, -0.25) is 10.1 Å². The van der Waals surface area contributed by atoms with Crippen molar-refractivity contribution in [2.75, 3.05) is 32.5 Å². The van der Waals surface area contributed by atoms with Crippen molar-refractivity contribution in [1.29, 1.82) is 0 Å². The lowest BCUT2D eigenvalue weighted by molar-refractivity contribution is -0.123. The molecular formula is C26H27F3N6O2S. The van der Waals surface area contributed by atoms with Crippen molar-refractivity contribution in [2.45, 2.75) is 31.1 Å². The zero-order valence-electron chi connectivity index (χ0n) is 21.0. The number of urea groups is 1. The quantitative estimate of drug-likeness (QED) is 0.513. The number of likely N-dealkylation sites (tertiary alicyclic amines) is 1. The molecule has 2 aromatic rings. The van der Waals surface area contributed by atoms with E-state index < -0.39 is 23.2 Å². The second-order valence-corrected chi connectivity index (χ2v) is 10.4. The SMILES string of the molecule is Cc1ccc(C2(C(N)=O)C=C(C(F)(F)F)C=CN2)cc1C#Cc1cnc(NC(=O)N2CC[C@H](N(C)C)C2)s1. The molecule has 3 heterocycles. The summed E-state index contributed by atoms with van der Waals surface area (Å²) in [5.41, 5.74) is 4.20. The Morgan fingerprint density at radius 1 is 1.32 bits per heavy atom. The third kappa shape index (κ3) is 5.69. The summed E-state index contributed by atoms with van der Waals surface area (Å²) in [6.07, 6.45) is 0.500. The zero-order chi connectivity index (χ0) is 27.7. The molecule has 38 heavy (non-hydrogen) atoms. The third-order valence-corrected chi connectivity index (χ3v) is 7.40. The van der Waals surface area contributed by atoms with Gasteiger partial charge in [0.2, 0.25) is 0 Å². The maximum Gasteiger partial charge on any atom is 0.416 e. The van der Waals surface area contributed by atoms with Gasteiger partial charge in [-0.15, -0.1) is 0 Å². The highest BCUT2D eigenvalue weighted by atomic mass is 32.1. The van der Waals surface area contributed by atoms with Gasteiger partial charge in [0.1, 0.15) is 0 Å². The smallest absolute Gasteiger partial charge is 0.370 e. The fraction of sp³-hybridized carbons (Fsp3) is 0.346. The first-order chi connectivity index (χ1) is 17.9. The van der Waals surface area contributed by atoms with Gasteiger partial charge in [-0.2, -0.15) is 13.2 Å². The number of nitrogens with one attached hydrogen (secondary N) is 2. The van der Waals surface area contributed by atoms with Crippen LogP contribution in [0.5, 0.6) is 0 Å². The van der Waals surface area contributed by atoms with Gasteiger partial charge in [0.15, 0.2) is 10.7 Å². The van der Waals surface area contributed by atoms with E-state index >= 15 is 0 Å². The van der Waals surface area contributed by atoms with E-state index in [4.69, 9.17) is 5.73 Å². The van der Waals surface area contributed by atoms with E-state index in [-0.39, 0.29) is 11.6 Å². The molecule has 2 atom stereocenters. The second kappa shape index (κ2) is 10.5. The van der Waals surface area contributed by atoms with E-state index in [1.165, 1.54) is 17.5 Å². The summed E-state index contributed by atoms with van der Waals surface area (Å²) in [5.74, 6) is 5.00. The Hall–Kier alpha value is -3.82. The van der Waals surface area contributed by atoms with Crippen LogP contribution >= 0.6 is 11.3 Å². The highest BCUT2D eigenvalue weighted by molar-refractivity contribution is 7.16. The maximum atomic E-state index is 13.4. The van der Waals surface area contributed by atoms with Gasteiger partial charge >= 0.3 is 12.2 Å². The lowest BCUT2D eigenvalue weighted by Crippen LogP contribution is -2.51. The first-order valence-corrected chi connectivity index (χ1v) is 12.6. The number of alkyl halides is 3. The average Bonchev–Trinajstić information content (AvgIpc) is 3.53. The Balaban J connectivity index is 1.54. The number of likely N-dealkylation sites (N-methyl/N-ethyl adjacent to an activating group) is 1. The maximum absolute atomic E-state index is 13.4. The van der Waals surface area contributed by atoms with Gasteiger partial charge in [0.05, 0.1) is 16.6 Å². The molecule has 8 nitrogen and oxygen atoms in total. The molecule has 4 rings (SSSR count). The molecule has 1 saturated heterocycles. The van der Waals surface area contributed by atoms with Crippen molar-refractivity contribution in [3.8, 4) is 11.8 Å². The van der Waals surface area contributed by atoms with Crippen LogP contribution in [0.15, 0.2) is 48.3 Å². The van der Waals surface area contributed by atoms with Crippen LogP contribution in [0.4, 0.5) is 23.1 Å². The average molecular weight is 545 g/mol. The fourth-order valence-corrected chi connectivity index (χ4v) is 4.91. The van der Waals surface area contributed by atoms with Crippen LogP contribution in [-0.2, 0) is 10.3 Å². The number of aromatic nitrogens is 1. The van der Waals surface area contributed by atoms with Crippen molar-refractivity contribution in [3.63, 3.8) is 0 Å². The van der Waals surface area contributed by atoms with Crippen LogP contribution in [0.3, 0.4) is 0 Å². The monoisotopic (exact) mass is 544 g/mol. The number of rotatable bonds is 4. The number of anilines is 1. The molecule has 2 aliphatic heterocycles. The lowest BCUT2D eigenvalue weighted by atomic mass is 9.84. The Bertz CT molecular complexity index is 1370. The molecular weight excluding hydrogens is 517 g/mol. The molecule has 1 aromatic heterocycles. The molecule has 0 bridgehead atoms. The highest BCUT2D eigenvalue weighted by Crippen LogP contribution is 2.35. The van der Waals surface area contributed by atoms with Crippen LogP contribution < -0.4 is 16.4 Å². The molecule has 1 aromatic carbocycles. The number of amides is 3. The number of dihydropyridines is 1. The standard InChI is InChI=1S/C26H27F3N6O2S/c1-16-4-6-18(25(22(30)36)13-19(8-10-32-25)26(27,28)29)12-17(16)5-7-21-14-31-23(38-21)33-24(37)35-11-9-20(15-35)34(2)3/h4,6,8,10,12-14,20,32H,9,11,15H2,1-3H3,(H2,30,36)(H,31,33,37)/t20-,25?/m0/s1. The Labute approximate surface area is 222 Å². The van der Waals surface area contributed by atoms with Crippen molar-refractivity contribution in [1.82, 2.24) is 20.1 Å². The predicted octanol–water partition coefficient (Wildman–Crippen LogP) is 3.31. The summed E-state index contributed by atoms with van der Waals surface area (Å²) in [5, 5.41) is 5.90. The number of carbonyl (C=O) groups is 2. The number of thiazole rings is 1. The summed E-state index contributed by atoms with van der Waals surface area (Å²) in [4.78, 5) is 33.6. The number of halogens is 3. The molecule has 1 unspecified atom stereocenters. The molecule has 3 amide bonds. The molecule has 0 spiro atoms. The predicted molar refractivity (Wildman–Crippen MR) is 139 cm³/mol. The fourth-order valence-electron chi connectivity index (χ4n) is 4.25. The van der Waals surface area contributed by atoms with Gasteiger partial charge in [-0.05, 0) is 68.9 Å². The first kappa shape index (κ1) is 27.2. The number of nitrogens with two attached hydrogens (primary N) is 1. The molecule has 0 saturated carbocycles. The van der Waals surface area contributed by atoms with E-state index in [1.54, 1.807) is 30.0 Å². The van der Waals surface area contributed by atoms with Crippen molar-refractivity contribution in [3.05, 3.63) is 69.9 Å². The van der Waals surface area contributed by atoms with Crippen LogP contribution in [-0.4, -0.2) is 66.1 Å². The van der Waals surface area contributed by atoms with Gasteiger partial charge < -0.3 is 20.9 Å². The number of aryl methyl sites for hydroxylation is 1. The molecule has 12 heteroatoms. The zero-order valence-corrected chi connectivity index (χ0v) is 21.8. The van der Waals surface area contributed by atoms with Gasteiger partial charge in [0, 0.05) is 24.7 Å². The van der Waals surface area contributed by atoms with Crippen molar-refractivity contribution in [2.24, 2.45) is 5.73 Å². The minimum Gasteiger partial charge on any atom is -0.370 e. The summed E-state index contributed by atoms with van der Waals surface area (Å²) in [6, 6.07) is 4.86. The normalized spacial score (nSPS) is 21.0. The molecule has 0 radical (unpaired) electrons. The number of primary amides is 1. The van der Waals surface area contributed by atoms with Crippen LogP contribution in [0, 0.1) is 18.8 Å². The lowest BCUT2D eigenvalue weighted by Gasteiger charge is -2.32. The summed E-state index contributed by atoms with van der Waals surface area (Å²) >= 11 is 1.21. The molecule has 200 valence electrons. The molecule has 0 aliphatic carbocycles. The Kier molecular flexibility index (Phi) is 7.53. The van der Waals surface area contributed by atoms with Crippen LogP contribution in [0.2, 0.25) is 0 Å². The van der Waals surface area contributed by atoms with Gasteiger partial charge in [0.25, 0.3) is 5.91 Å². The third-order valence-electron chi connectivity index (χ3n) is 6.58.